The third kappa shape index (κ3) is 5.95. The molecule has 2 N–H and O–H groups in total. The zero-order chi connectivity index (χ0) is 27.7. The average molecular weight is 545 g/mol. The van der Waals surface area contributed by atoms with Gasteiger partial charge in [-0.2, -0.15) is 13.2 Å². The van der Waals surface area contributed by atoms with E-state index in [2.05, 4.69) is 20.1 Å². The fourth-order valence-electron chi connectivity index (χ4n) is 3.62. The molecule has 1 aliphatic heterocycles. The number of carboxylic acid groups (broad SMARTS) is 1. The van der Waals surface area contributed by atoms with Gasteiger partial charge in [0.05, 0.1) is 12.4 Å². The molecule has 3 aromatic rings. The molecule has 38 heavy (non-hydrogen) atoms. The Hall–Kier alpha value is -4.37. The fraction of sp³-hybridized carbons (Fsp3) is 0.318. The van der Waals surface area contributed by atoms with Gasteiger partial charge in [0.1, 0.15) is 18.0 Å². The number of amidine groups is 1. The van der Waals surface area contributed by atoms with E-state index in [9.17, 15) is 31.1 Å². The highest BCUT2D eigenvalue weighted by Crippen LogP contribution is 2.42. The molecule has 10 nitrogen and oxygen atoms in total. The van der Waals surface area contributed by atoms with Crippen molar-refractivity contribution >= 4 is 12.1 Å². The predicted molar refractivity (Wildman–Crippen MR) is 116 cm³/mol. The Kier molecular flexibility index (Phi) is 7.15. The average Bonchev–Trinajstić information content (AvgIpc) is 3.32. The second-order valence-electron chi connectivity index (χ2n) is 8.17. The van der Waals surface area contributed by atoms with E-state index in [1.807, 2.05) is 0 Å². The molecular weight excluding hydrogens is 528 g/mol. The van der Waals surface area contributed by atoms with Crippen LogP contribution in [-0.4, -0.2) is 57.6 Å². The van der Waals surface area contributed by atoms with E-state index < -0.39 is 55.2 Å². The molecule has 2 aromatic heterocycles. The number of halogens is 6. The van der Waals surface area contributed by atoms with Gasteiger partial charge in [-0.15, -0.1) is 0 Å². The largest absolute Gasteiger partial charge is 0.484 e. The van der Waals surface area contributed by atoms with Crippen molar-refractivity contribution in [1.29, 1.82) is 0 Å². The Bertz CT molecular complexity index is 1350. The third-order valence-corrected chi connectivity index (χ3v) is 5.33. The van der Waals surface area contributed by atoms with Crippen LogP contribution in [0.15, 0.2) is 46.2 Å². The molecule has 2 atom stereocenters. The van der Waals surface area contributed by atoms with Crippen LogP contribution in [-0.2, 0) is 10.3 Å². The normalized spacial score (nSPS) is 19.6. The van der Waals surface area contributed by atoms with Gasteiger partial charge in [-0.3, -0.25) is 0 Å². The Balaban J connectivity index is 1.62. The number of rotatable bonds is 6. The summed E-state index contributed by atoms with van der Waals surface area (Å²) in [6.07, 6.45) is -7.79. The first kappa shape index (κ1) is 26.7. The van der Waals surface area contributed by atoms with Crippen LogP contribution in [0.4, 0.5) is 31.1 Å². The van der Waals surface area contributed by atoms with E-state index in [0.717, 1.165) is 18.5 Å². The summed E-state index contributed by atoms with van der Waals surface area (Å²) < 4.78 is 95.4. The first-order valence-corrected chi connectivity index (χ1v) is 10.7. The van der Waals surface area contributed by atoms with Gasteiger partial charge < -0.3 is 19.1 Å². The number of alkyl halides is 5. The molecule has 0 bridgehead atoms. The number of ether oxygens (including phenoxy) is 2. The van der Waals surface area contributed by atoms with Gasteiger partial charge in [-0.25, -0.2) is 38.2 Å². The molecule has 0 aliphatic carbocycles. The van der Waals surface area contributed by atoms with E-state index in [4.69, 9.17) is 19.1 Å². The molecular formula is C22H17F6N5O5. The summed E-state index contributed by atoms with van der Waals surface area (Å²) in [5.74, 6) is -0.814. The van der Waals surface area contributed by atoms with Crippen LogP contribution in [0.25, 0.3) is 22.8 Å². The van der Waals surface area contributed by atoms with Crippen molar-refractivity contribution < 1.29 is 50.2 Å². The Labute approximate surface area is 209 Å². The summed E-state index contributed by atoms with van der Waals surface area (Å²) in [6, 6.07) is 1.51. The molecule has 1 aliphatic rings. The maximum atomic E-state index is 14.9. The van der Waals surface area contributed by atoms with Gasteiger partial charge in [0.25, 0.3) is 12.4 Å². The van der Waals surface area contributed by atoms with Crippen molar-refractivity contribution in [1.82, 2.24) is 20.4 Å². The third-order valence-electron chi connectivity index (χ3n) is 5.33. The Morgan fingerprint density at radius 2 is 1.97 bits per heavy atom. The van der Waals surface area contributed by atoms with Gasteiger partial charge in [-0.1, -0.05) is 5.16 Å². The lowest BCUT2D eigenvalue weighted by atomic mass is 9.86. The molecule has 3 heterocycles. The monoisotopic (exact) mass is 545 g/mol. The quantitative estimate of drug-likeness (QED) is 0.424. The topological polar surface area (TPSA) is 132 Å². The molecule has 16 heteroatoms. The van der Waals surface area contributed by atoms with E-state index >= 15 is 0 Å². The summed E-state index contributed by atoms with van der Waals surface area (Å²) >= 11 is 0. The van der Waals surface area contributed by atoms with E-state index in [-0.39, 0.29) is 34.2 Å². The van der Waals surface area contributed by atoms with Crippen LogP contribution < -0.4 is 10.1 Å². The van der Waals surface area contributed by atoms with Crippen molar-refractivity contribution in [2.75, 3.05) is 6.61 Å². The number of hydrogen-bond acceptors (Lipinski definition) is 8. The number of benzene rings is 1. The van der Waals surface area contributed by atoms with E-state index in [0.29, 0.717) is 0 Å². The number of hydrogen-bond donors (Lipinski definition) is 2. The summed E-state index contributed by atoms with van der Waals surface area (Å²) in [7, 11) is 0. The first-order chi connectivity index (χ1) is 17.8. The summed E-state index contributed by atoms with van der Waals surface area (Å²) in [5.41, 5.74) is -1.98. The van der Waals surface area contributed by atoms with Gasteiger partial charge in [0.2, 0.25) is 0 Å². The molecule has 0 radical (unpaired) electrons. The number of carbonyl (C=O) groups is 1. The highest BCUT2D eigenvalue weighted by atomic mass is 19.4. The Morgan fingerprint density at radius 3 is 2.61 bits per heavy atom. The lowest BCUT2D eigenvalue weighted by molar-refractivity contribution is -0.164. The highest BCUT2D eigenvalue weighted by Gasteiger charge is 2.50. The number of nitrogens with zero attached hydrogens (tertiary/aromatic N) is 4. The number of amides is 1. The zero-order valence-corrected chi connectivity index (χ0v) is 19.2. The molecule has 0 spiro atoms. The van der Waals surface area contributed by atoms with Crippen molar-refractivity contribution in [3.8, 4) is 28.6 Å². The smallest absolute Gasteiger partial charge is 0.412 e. The molecule has 0 saturated heterocycles. The maximum Gasteiger partial charge on any atom is 0.412 e. The fourth-order valence-corrected chi connectivity index (χ4v) is 3.62. The zero-order valence-electron chi connectivity index (χ0n) is 19.2. The first-order valence-electron chi connectivity index (χ1n) is 10.7. The number of aliphatic imine (C=N–C) groups is 1. The minimum atomic E-state index is -4.86. The second-order valence-corrected chi connectivity index (χ2v) is 8.17. The van der Waals surface area contributed by atoms with E-state index in [1.54, 1.807) is 5.32 Å². The summed E-state index contributed by atoms with van der Waals surface area (Å²) in [6.45, 7) is 0.333. The Morgan fingerprint density at radius 1 is 1.26 bits per heavy atom. The summed E-state index contributed by atoms with van der Waals surface area (Å²) in [5, 5.41) is 14.4. The van der Waals surface area contributed by atoms with Crippen molar-refractivity contribution in [3.63, 3.8) is 0 Å². The van der Waals surface area contributed by atoms with Crippen LogP contribution in [0.3, 0.4) is 0 Å². The highest BCUT2D eigenvalue weighted by molar-refractivity contribution is 5.90. The van der Waals surface area contributed by atoms with Gasteiger partial charge in [0.15, 0.2) is 29.1 Å². The van der Waals surface area contributed by atoms with Crippen LogP contribution in [0.2, 0.25) is 0 Å². The van der Waals surface area contributed by atoms with Crippen LogP contribution in [0.5, 0.6) is 5.75 Å². The predicted octanol–water partition coefficient (Wildman–Crippen LogP) is 4.77. The summed E-state index contributed by atoms with van der Waals surface area (Å²) in [4.78, 5) is 22.1. The van der Waals surface area contributed by atoms with Crippen LogP contribution in [0.1, 0.15) is 18.9 Å². The molecule has 1 aromatic carbocycles. The second kappa shape index (κ2) is 10.2. The maximum absolute atomic E-state index is 14.9. The SMILES string of the molecule is C[C@@]1(c2cc(-c3cc(-c4ncc(OCC(F)F)cn4)no3)ccc2F)C[C@@H](C(F)(F)F)N=C(NC(=O)O)O1. The van der Waals surface area contributed by atoms with Gasteiger partial charge >= 0.3 is 12.3 Å². The van der Waals surface area contributed by atoms with Gasteiger partial charge in [0, 0.05) is 23.6 Å². The minimum absolute atomic E-state index is 0.000807. The lowest BCUT2D eigenvalue weighted by Gasteiger charge is -2.38. The standard InChI is InChI=1S/C22H17F6N5O5/c1-21(6-16(22(26,27)28)31-19(37-21)32-20(34)35)12-4-10(2-3-13(12)23)15-5-14(33-38-15)18-29-7-11(8-30-18)36-9-17(24)25/h2-5,7-8,16-17H,6,9H2,1H3,(H,31,32)(H,34,35)/t16-,21-/m0/s1. The van der Waals surface area contributed by atoms with Crippen LogP contribution >= 0.6 is 0 Å². The molecule has 0 saturated carbocycles. The van der Waals surface area contributed by atoms with Crippen molar-refractivity contribution in [3.05, 3.63) is 48.0 Å². The minimum Gasteiger partial charge on any atom is -0.484 e. The van der Waals surface area contributed by atoms with Crippen molar-refractivity contribution in [2.45, 2.75) is 37.6 Å². The molecule has 0 unspecified atom stereocenters. The molecule has 0 fully saturated rings. The van der Waals surface area contributed by atoms with Crippen molar-refractivity contribution in [2.24, 2.45) is 4.99 Å². The molecule has 4 rings (SSSR count). The van der Waals surface area contributed by atoms with Crippen LogP contribution in [0, 0.1) is 5.82 Å². The van der Waals surface area contributed by atoms with E-state index in [1.165, 1.54) is 25.1 Å². The molecule has 1 amide bonds. The van der Waals surface area contributed by atoms with Gasteiger partial charge in [-0.05, 0) is 25.1 Å². The molecule has 202 valence electrons. The lowest BCUT2D eigenvalue weighted by Crippen LogP contribution is -2.48. The number of aromatic nitrogens is 3. The number of nitrogens with one attached hydrogen (secondary N) is 1.